The molecule has 1 saturated heterocycles. The van der Waals surface area contributed by atoms with Crippen molar-refractivity contribution in [1.82, 2.24) is 25.3 Å². The molecule has 6 heteroatoms. The van der Waals surface area contributed by atoms with E-state index in [1.807, 2.05) is 0 Å². The number of aromatic nitrogens is 4. The van der Waals surface area contributed by atoms with Gasteiger partial charge in [0.15, 0.2) is 11.5 Å². The molecule has 114 valence electrons. The van der Waals surface area contributed by atoms with Crippen LogP contribution in [-0.2, 0) is 0 Å². The standard InChI is InChI=1S/C15H24N6/c1-3-7-16-11(2)12-6-4-5-8-21(12)15-13-14(18-9-17-13)19-10-20-15/h9-12,16H,3-8H2,1-2H3,(H,17,18,19,20). The van der Waals surface area contributed by atoms with Gasteiger partial charge >= 0.3 is 0 Å². The third-order valence-electron chi connectivity index (χ3n) is 4.32. The summed E-state index contributed by atoms with van der Waals surface area (Å²) in [7, 11) is 0. The Hall–Kier alpha value is -1.69. The highest BCUT2D eigenvalue weighted by Gasteiger charge is 2.29. The summed E-state index contributed by atoms with van der Waals surface area (Å²) in [6, 6.07) is 0.935. The van der Waals surface area contributed by atoms with Crippen LogP contribution in [-0.4, -0.2) is 45.1 Å². The predicted octanol–water partition coefficient (Wildman–Crippen LogP) is 2.10. The normalized spacial score (nSPS) is 20.9. The highest BCUT2D eigenvalue weighted by atomic mass is 15.3. The van der Waals surface area contributed by atoms with Gasteiger partial charge in [-0.2, -0.15) is 0 Å². The summed E-state index contributed by atoms with van der Waals surface area (Å²) < 4.78 is 0. The van der Waals surface area contributed by atoms with Gasteiger partial charge < -0.3 is 15.2 Å². The number of fused-ring (bicyclic) bond motifs is 1. The quantitative estimate of drug-likeness (QED) is 0.881. The van der Waals surface area contributed by atoms with Gasteiger partial charge in [-0.3, -0.25) is 0 Å². The molecule has 2 N–H and O–H groups in total. The maximum Gasteiger partial charge on any atom is 0.182 e. The van der Waals surface area contributed by atoms with Crippen molar-refractivity contribution in [3.8, 4) is 0 Å². The summed E-state index contributed by atoms with van der Waals surface area (Å²) >= 11 is 0. The number of imidazole rings is 1. The van der Waals surface area contributed by atoms with E-state index < -0.39 is 0 Å². The van der Waals surface area contributed by atoms with Crippen molar-refractivity contribution in [3.05, 3.63) is 12.7 Å². The molecule has 0 spiro atoms. The monoisotopic (exact) mass is 288 g/mol. The number of H-pyrrole nitrogens is 1. The molecule has 0 radical (unpaired) electrons. The van der Waals surface area contributed by atoms with Crippen LogP contribution in [0.3, 0.4) is 0 Å². The smallest absolute Gasteiger partial charge is 0.182 e. The fourth-order valence-electron chi connectivity index (χ4n) is 3.22. The van der Waals surface area contributed by atoms with E-state index in [4.69, 9.17) is 0 Å². The number of nitrogens with zero attached hydrogens (tertiary/aromatic N) is 4. The molecule has 21 heavy (non-hydrogen) atoms. The zero-order valence-electron chi connectivity index (χ0n) is 12.8. The van der Waals surface area contributed by atoms with Gasteiger partial charge in [0.2, 0.25) is 0 Å². The molecule has 1 aliphatic heterocycles. The molecule has 0 bridgehead atoms. The van der Waals surface area contributed by atoms with Crippen LogP contribution in [0.5, 0.6) is 0 Å². The Balaban J connectivity index is 1.88. The minimum absolute atomic E-state index is 0.457. The lowest BCUT2D eigenvalue weighted by molar-refractivity contribution is 0.366. The van der Waals surface area contributed by atoms with Crippen molar-refractivity contribution in [2.75, 3.05) is 18.0 Å². The number of aromatic amines is 1. The van der Waals surface area contributed by atoms with Crippen LogP contribution in [0.15, 0.2) is 12.7 Å². The predicted molar refractivity (Wildman–Crippen MR) is 84.4 cm³/mol. The summed E-state index contributed by atoms with van der Waals surface area (Å²) in [5.74, 6) is 0.993. The molecule has 0 aliphatic carbocycles. The first-order valence-corrected chi connectivity index (χ1v) is 7.95. The third-order valence-corrected chi connectivity index (χ3v) is 4.32. The Bertz CT molecular complexity index is 580. The second-order valence-corrected chi connectivity index (χ2v) is 5.80. The number of nitrogens with one attached hydrogen (secondary N) is 2. The van der Waals surface area contributed by atoms with Gasteiger partial charge in [-0.15, -0.1) is 0 Å². The average Bonchev–Trinajstić information content (AvgIpc) is 3.01. The van der Waals surface area contributed by atoms with Crippen molar-refractivity contribution in [2.45, 2.75) is 51.6 Å². The number of hydrogen-bond donors (Lipinski definition) is 2. The van der Waals surface area contributed by atoms with Gasteiger partial charge in [0.1, 0.15) is 11.8 Å². The molecular weight excluding hydrogens is 264 g/mol. The van der Waals surface area contributed by atoms with E-state index in [1.165, 1.54) is 19.3 Å². The molecule has 2 unspecified atom stereocenters. The minimum atomic E-state index is 0.457. The molecule has 2 aromatic rings. The summed E-state index contributed by atoms with van der Waals surface area (Å²) in [5, 5.41) is 3.63. The lowest BCUT2D eigenvalue weighted by Gasteiger charge is -2.40. The van der Waals surface area contributed by atoms with E-state index in [9.17, 15) is 0 Å². The van der Waals surface area contributed by atoms with Crippen molar-refractivity contribution in [3.63, 3.8) is 0 Å². The number of piperidine rings is 1. The van der Waals surface area contributed by atoms with E-state index in [0.717, 1.165) is 36.5 Å². The molecule has 1 aliphatic rings. The van der Waals surface area contributed by atoms with Crippen LogP contribution in [0.1, 0.15) is 39.5 Å². The molecule has 6 nitrogen and oxygen atoms in total. The van der Waals surface area contributed by atoms with Gasteiger partial charge in [-0.1, -0.05) is 6.92 Å². The molecule has 1 fully saturated rings. The van der Waals surface area contributed by atoms with Gasteiger partial charge in [-0.05, 0) is 39.2 Å². The zero-order valence-corrected chi connectivity index (χ0v) is 12.8. The van der Waals surface area contributed by atoms with Gasteiger partial charge in [0.05, 0.1) is 6.33 Å². The van der Waals surface area contributed by atoms with E-state index >= 15 is 0 Å². The highest BCUT2D eigenvalue weighted by Crippen LogP contribution is 2.28. The van der Waals surface area contributed by atoms with Crippen molar-refractivity contribution >= 4 is 17.0 Å². The van der Waals surface area contributed by atoms with Crippen LogP contribution in [0.2, 0.25) is 0 Å². The Morgan fingerprint density at radius 3 is 3.14 bits per heavy atom. The lowest BCUT2D eigenvalue weighted by atomic mass is 9.96. The largest absolute Gasteiger partial charge is 0.350 e. The molecule has 3 rings (SSSR count). The Labute approximate surface area is 125 Å². The number of anilines is 1. The number of hydrogen-bond acceptors (Lipinski definition) is 5. The summed E-state index contributed by atoms with van der Waals surface area (Å²) in [6.45, 7) is 6.60. The van der Waals surface area contributed by atoms with Crippen molar-refractivity contribution in [1.29, 1.82) is 0 Å². The van der Waals surface area contributed by atoms with Gasteiger partial charge in [-0.25, -0.2) is 15.0 Å². The summed E-state index contributed by atoms with van der Waals surface area (Å²) in [5.41, 5.74) is 1.70. The second-order valence-electron chi connectivity index (χ2n) is 5.80. The highest BCUT2D eigenvalue weighted by molar-refractivity contribution is 5.82. The van der Waals surface area contributed by atoms with E-state index in [0.29, 0.717) is 12.1 Å². The third kappa shape index (κ3) is 2.85. The molecule has 0 amide bonds. The van der Waals surface area contributed by atoms with E-state index in [2.05, 4.69) is 44.0 Å². The molecule has 2 atom stereocenters. The molecule has 2 aromatic heterocycles. The van der Waals surface area contributed by atoms with Crippen LogP contribution in [0, 0.1) is 0 Å². The zero-order chi connectivity index (χ0) is 14.7. The van der Waals surface area contributed by atoms with Crippen molar-refractivity contribution < 1.29 is 0 Å². The maximum atomic E-state index is 4.53. The van der Waals surface area contributed by atoms with Crippen LogP contribution in [0.4, 0.5) is 5.82 Å². The topological polar surface area (TPSA) is 69.7 Å². The van der Waals surface area contributed by atoms with Crippen LogP contribution < -0.4 is 10.2 Å². The minimum Gasteiger partial charge on any atom is -0.350 e. The maximum absolute atomic E-state index is 4.53. The Morgan fingerprint density at radius 2 is 2.29 bits per heavy atom. The fraction of sp³-hybridized carbons (Fsp3) is 0.667. The molecular formula is C15H24N6. The average molecular weight is 288 g/mol. The second kappa shape index (κ2) is 6.39. The first-order valence-electron chi connectivity index (χ1n) is 7.95. The molecule has 3 heterocycles. The number of rotatable bonds is 5. The first kappa shape index (κ1) is 14.3. The van der Waals surface area contributed by atoms with Gasteiger partial charge in [0.25, 0.3) is 0 Å². The lowest BCUT2D eigenvalue weighted by Crippen LogP contribution is -2.51. The molecule has 0 saturated carbocycles. The SMILES string of the molecule is CCCNC(C)C1CCCCN1c1ncnc2nc[nH]c12. The molecule has 0 aromatic carbocycles. The Morgan fingerprint density at radius 1 is 1.38 bits per heavy atom. The van der Waals surface area contributed by atoms with E-state index in [-0.39, 0.29) is 0 Å². The summed E-state index contributed by atoms with van der Waals surface area (Å²) in [6.07, 6.45) is 8.19. The summed E-state index contributed by atoms with van der Waals surface area (Å²) in [4.78, 5) is 18.6. The van der Waals surface area contributed by atoms with E-state index in [1.54, 1.807) is 12.7 Å². The first-order chi connectivity index (χ1) is 10.3. The van der Waals surface area contributed by atoms with Crippen molar-refractivity contribution in [2.24, 2.45) is 0 Å². The Kier molecular flexibility index (Phi) is 4.34. The van der Waals surface area contributed by atoms with Gasteiger partial charge in [0, 0.05) is 18.6 Å². The van der Waals surface area contributed by atoms with Crippen LogP contribution >= 0.6 is 0 Å². The fourth-order valence-corrected chi connectivity index (χ4v) is 3.22. The van der Waals surface area contributed by atoms with Crippen LogP contribution in [0.25, 0.3) is 11.2 Å².